The first-order chi connectivity index (χ1) is 9.06. The number of amides is 1. The van der Waals surface area contributed by atoms with Gasteiger partial charge >= 0.3 is 0 Å². The zero-order valence-corrected chi connectivity index (χ0v) is 11.1. The number of nitrogens with zero attached hydrogens (tertiary/aromatic N) is 1. The normalized spacial score (nSPS) is 11.9. The number of benzene rings is 1. The number of nitrogens with one attached hydrogen (secondary N) is 1. The van der Waals surface area contributed by atoms with Gasteiger partial charge in [0.1, 0.15) is 11.9 Å². The molecule has 4 heteroatoms. The first-order valence-electron chi connectivity index (χ1n) is 6.12. The molecule has 0 aliphatic carbocycles. The molecule has 1 atom stereocenters. The predicted molar refractivity (Wildman–Crippen MR) is 75.7 cm³/mol. The van der Waals surface area contributed by atoms with Gasteiger partial charge in [-0.15, -0.1) is 0 Å². The van der Waals surface area contributed by atoms with E-state index in [9.17, 15) is 4.79 Å². The van der Waals surface area contributed by atoms with Gasteiger partial charge in [-0.2, -0.15) is 0 Å². The van der Waals surface area contributed by atoms with Crippen LogP contribution in [-0.4, -0.2) is 10.9 Å². The molecule has 0 bridgehead atoms. The highest BCUT2D eigenvalue weighted by atomic mass is 16.2. The largest absolute Gasteiger partial charge is 0.316 e. The smallest absolute Gasteiger partial charge is 0.247 e. The van der Waals surface area contributed by atoms with E-state index >= 15 is 0 Å². The van der Waals surface area contributed by atoms with Crippen LogP contribution in [0.5, 0.6) is 0 Å². The maximum absolute atomic E-state index is 12.0. The number of pyridine rings is 1. The van der Waals surface area contributed by atoms with Gasteiger partial charge < -0.3 is 11.1 Å². The molecule has 1 heterocycles. The summed E-state index contributed by atoms with van der Waals surface area (Å²) in [6.45, 7) is 3.93. The molecule has 0 radical (unpaired) electrons. The maximum Gasteiger partial charge on any atom is 0.247 e. The molecule has 3 N–H and O–H groups in total. The second-order valence-electron chi connectivity index (χ2n) is 4.60. The SMILES string of the molecule is Cc1ccc(C(N)C(=O)Nc2cc(C)ccn2)cc1. The van der Waals surface area contributed by atoms with Gasteiger partial charge in [0.05, 0.1) is 0 Å². The highest BCUT2D eigenvalue weighted by molar-refractivity contribution is 5.94. The Balaban J connectivity index is 2.09. The van der Waals surface area contributed by atoms with Crippen LogP contribution in [0.3, 0.4) is 0 Å². The summed E-state index contributed by atoms with van der Waals surface area (Å²) in [5.74, 6) is 0.259. The number of carbonyl (C=O) groups is 1. The van der Waals surface area contributed by atoms with E-state index in [1.54, 1.807) is 12.3 Å². The first kappa shape index (κ1) is 13.2. The van der Waals surface area contributed by atoms with Gasteiger partial charge in [0, 0.05) is 6.20 Å². The van der Waals surface area contributed by atoms with E-state index in [2.05, 4.69) is 10.3 Å². The zero-order chi connectivity index (χ0) is 13.8. The minimum absolute atomic E-state index is 0.262. The highest BCUT2D eigenvalue weighted by Gasteiger charge is 2.16. The Bertz CT molecular complexity index is 578. The number of rotatable bonds is 3. The third-order valence-electron chi connectivity index (χ3n) is 2.89. The summed E-state index contributed by atoms with van der Waals surface area (Å²) >= 11 is 0. The molecule has 2 rings (SSSR count). The van der Waals surface area contributed by atoms with Crippen LogP contribution in [0.2, 0.25) is 0 Å². The number of hydrogen-bond donors (Lipinski definition) is 2. The predicted octanol–water partition coefficient (Wildman–Crippen LogP) is 2.34. The monoisotopic (exact) mass is 255 g/mol. The molecule has 0 saturated heterocycles. The molecule has 1 aromatic heterocycles. The molecule has 0 aliphatic heterocycles. The molecule has 0 spiro atoms. The van der Waals surface area contributed by atoms with Crippen LogP contribution < -0.4 is 11.1 Å². The van der Waals surface area contributed by atoms with E-state index in [4.69, 9.17) is 5.73 Å². The van der Waals surface area contributed by atoms with Crippen molar-refractivity contribution in [2.24, 2.45) is 5.73 Å². The third kappa shape index (κ3) is 3.39. The Morgan fingerprint density at radius 1 is 1.16 bits per heavy atom. The molecule has 1 unspecified atom stereocenters. The summed E-state index contributed by atoms with van der Waals surface area (Å²) in [7, 11) is 0. The lowest BCUT2D eigenvalue weighted by Gasteiger charge is -2.12. The molecule has 4 nitrogen and oxygen atoms in total. The molecular formula is C15H17N3O. The molecule has 1 amide bonds. The summed E-state index contributed by atoms with van der Waals surface area (Å²) in [5.41, 5.74) is 8.89. The van der Waals surface area contributed by atoms with Crippen LogP contribution in [0.15, 0.2) is 42.6 Å². The Hall–Kier alpha value is -2.20. The molecule has 0 saturated carbocycles. The van der Waals surface area contributed by atoms with Crippen molar-refractivity contribution < 1.29 is 4.79 Å². The van der Waals surface area contributed by atoms with E-state index in [-0.39, 0.29) is 5.91 Å². The van der Waals surface area contributed by atoms with E-state index in [1.807, 2.05) is 44.2 Å². The fourth-order valence-corrected chi connectivity index (χ4v) is 1.73. The van der Waals surface area contributed by atoms with Gasteiger partial charge in [0.25, 0.3) is 0 Å². The van der Waals surface area contributed by atoms with Crippen LogP contribution in [0, 0.1) is 13.8 Å². The van der Waals surface area contributed by atoms with Gasteiger partial charge in [-0.25, -0.2) is 4.98 Å². The summed E-state index contributed by atoms with van der Waals surface area (Å²) in [6.07, 6.45) is 1.66. The second-order valence-corrected chi connectivity index (χ2v) is 4.60. The van der Waals surface area contributed by atoms with Gasteiger partial charge in [0.15, 0.2) is 0 Å². The van der Waals surface area contributed by atoms with E-state index < -0.39 is 6.04 Å². The Kier molecular flexibility index (Phi) is 3.92. The first-order valence-corrected chi connectivity index (χ1v) is 6.12. The van der Waals surface area contributed by atoms with Crippen molar-refractivity contribution in [2.75, 3.05) is 5.32 Å². The maximum atomic E-state index is 12.0. The number of nitrogens with two attached hydrogens (primary N) is 1. The summed E-state index contributed by atoms with van der Waals surface area (Å²) < 4.78 is 0. The third-order valence-corrected chi connectivity index (χ3v) is 2.89. The Morgan fingerprint density at radius 3 is 2.47 bits per heavy atom. The average Bonchev–Trinajstić information content (AvgIpc) is 2.39. The van der Waals surface area contributed by atoms with E-state index in [1.165, 1.54) is 0 Å². The van der Waals surface area contributed by atoms with Crippen molar-refractivity contribution in [3.63, 3.8) is 0 Å². The molecule has 0 aliphatic rings. The van der Waals surface area contributed by atoms with Crippen LogP contribution in [0.25, 0.3) is 0 Å². The molecule has 0 fully saturated rings. The minimum atomic E-state index is -0.692. The Morgan fingerprint density at radius 2 is 1.84 bits per heavy atom. The zero-order valence-electron chi connectivity index (χ0n) is 11.1. The van der Waals surface area contributed by atoms with Crippen molar-refractivity contribution in [1.29, 1.82) is 0 Å². The lowest BCUT2D eigenvalue weighted by Crippen LogP contribution is -2.28. The highest BCUT2D eigenvalue weighted by Crippen LogP contribution is 2.14. The molecule has 2 aromatic rings. The number of aryl methyl sites for hydroxylation is 2. The molecule has 19 heavy (non-hydrogen) atoms. The van der Waals surface area contributed by atoms with Crippen molar-refractivity contribution >= 4 is 11.7 Å². The molecule has 98 valence electrons. The second kappa shape index (κ2) is 5.63. The van der Waals surface area contributed by atoms with Crippen LogP contribution in [-0.2, 0) is 4.79 Å². The fourth-order valence-electron chi connectivity index (χ4n) is 1.73. The fraction of sp³-hybridized carbons (Fsp3) is 0.200. The van der Waals surface area contributed by atoms with E-state index in [0.29, 0.717) is 5.82 Å². The van der Waals surface area contributed by atoms with Gasteiger partial charge in [-0.1, -0.05) is 29.8 Å². The minimum Gasteiger partial charge on any atom is -0.316 e. The standard InChI is InChI=1S/C15H17N3O/c1-10-3-5-12(6-4-10)14(16)15(19)18-13-9-11(2)7-8-17-13/h3-9,14H,16H2,1-2H3,(H,17,18,19). The van der Waals surface area contributed by atoms with Gasteiger partial charge in [-0.3, -0.25) is 4.79 Å². The number of aromatic nitrogens is 1. The quantitative estimate of drug-likeness (QED) is 0.884. The van der Waals surface area contributed by atoms with Gasteiger partial charge in [-0.05, 0) is 37.1 Å². The number of anilines is 1. The lowest BCUT2D eigenvalue weighted by atomic mass is 10.1. The van der Waals surface area contributed by atoms with Crippen molar-refractivity contribution in [1.82, 2.24) is 4.98 Å². The van der Waals surface area contributed by atoms with Gasteiger partial charge in [0.2, 0.25) is 5.91 Å². The topological polar surface area (TPSA) is 68.0 Å². The lowest BCUT2D eigenvalue weighted by molar-refractivity contribution is -0.117. The van der Waals surface area contributed by atoms with Crippen molar-refractivity contribution in [2.45, 2.75) is 19.9 Å². The van der Waals surface area contributed by atoms with Crippen LogP contribution in [0.4, 0.5) is 5.82 Å². The molecule has 1 aromatic carbocycles. The van der Waals surface area contributed by atoms with Crippen molar-refractivity contribution in [3.05, 3.63) is 59.3 Å². The Labute approximate surface area is 112 Å². The summed E-state index contributed by atoms with van der Waals surface area (Å²) in [4.78, 5) is 16.1. The van der Waals surface area contributed by atoms with Crippen LogP contribution >= 0.6 is 0 Å². The average molecular weight is 255 g/mol. The summed E-state index contributed by atoms with van der Waals surface area (Å²) in [6, 6.07) is 10.6. The van der Waals surface area contributed by atoms with Crippen LogP contribution in [0.1, 0.15) is 22.7 Å². The molecular weight excluding hydrogens is 238 g/mol. The number of carbonyl (C=O) groups excluding carboxylic acids is 1. The van der Waals surface area contributed by atoms with E-state index in [0.717, 1.165) is 16.7 Å². The number of hydrogen-bond acceptors (Lipinski definition) is 3. The summed E-state index contributed by atoms with van der Waals surface area (Å²) in [5, 5.41) is 2.72. The van der Waals surface area contributed by atoms with Crippen molar-refractivity contribution in [3.8, 4) is 0 Å².